The van der Waals surface area contributed by atoms with Crippen molar-refractivity contribution in [1.29, 1.82) is 0 Å². The number of nitrogens with one attached hydrogen (secondary N) is 2. The molecule has 0 radical (unpaired) electrons. The van der Waals surface area contributed by atoms with E-state index in [2.05, 4.69) is 39.9 Å². The fourth-order valence-electron chi connectivity index (χ4n) is 2.99. The summed E-state index contributed by atoms with van der Waals surface area (Å²) >= 11 is 0. The van der Waals surface area contributed by atoms with Crippen LogP contribution in [0.15, 0.2) is 35.5 Å². The highest BCUT2D eigenvalue weighted by atomic mass is 16.5. The third-order valence-electron chi connectivity index (χ3n) is 4.45. The summed E-state index contributed by atoms with van der Waals surface area (Å²) in [5.74, 6) is 0.431. The van der Waals surface area contributed by atoms with Gasteiger partial charge in [-0.3, -0.25) is 0 Å². The molecule has 0 saturated heterocycles. The number of allylic oxidation sites excluding steroid dienone is 1. The average molecular weight is 384 g/mol. The highest BCUT2D eigenvalue weighted by Gasteiger charge is 2.30. The summed E-state index contributed by atoms with van der Waals surface area (Å²) in [4.78, 5) is 25.5. The molecular formula is C19H24N6O3. The Balaban J connectivity index is 1.85. The first-order valence-corrected chi connectivity index (χ1v) is 9.24. The van der Waals surface area contributed by atoms with E-state index >= 15 is 0 Å². The third-order valence-corrected chi connectivity index (χ3v) is 4.45. The number of esters is 1. The Kier molecular flexibility index (Phi) is 5.72. The number of rotatable bonds is 6. The highest BCUT2D eigenvalue weighted by Crippen LogP contribution is 2.20. The van der Waals surface area contributed by atoms with Gasteiger partial charge in [-0.2, -0.15) is 4.80 Å². The molecule has 1 aliphatic heterocycles. The Hall–Kier alpha value is -3.23. The van der Waals surface area contributed by atoms with E-state index in [1.54, 1.807) is 13.8 Å². The van der Waals surface area contributed by atoms with Gasteiger partial charge in [-0.1, -0.05) is 38.1 Å². The Labute approximate surface area is 163 Å². The highest BCUT2D eigenvalue weighted by molar-refractivity contribution is 5.94. The molecule has 0 fully saturated rings. The number of aromatic nitrogens is 4. The molecule has 1 aliphatic rings. The molecule has 2 amide bonds. The first-order valence-electron chi connectivity index (χ1n) is 9.24. The molecule has 9 nitrogen and oxygen atoms in total. The summed E-state index contributed by atoms with van der Waals surface area (Å²) in [7, 11) is 0. The Bertz CT molecular complexity index is 901. The van der Waals surface area contributed by atoms with Crippen molar-refractivity contribution in [3.05, 3.63) is 41.1 Å². The Morgan fingerprint density at radius 3 is 2.64 bits per heavy atom. The lowest BCUT2D eigenvalue weighted by Crippen LogP contribution is -2.50. The molecule has 3 rings (SSSR count). The number of carbonyl (C=O) groups excluding carboxylic acids is 2. The molecule has 0 bridgehead atoms. The average Bonchev–Trinajstić information content (AvgIpc) is 3.10. The van der Waals surface area contributed by atoms with Crippen LogP contribution in [0, 0.1) is 0 Å². The number of urea groups is 1. The molecule has 2 aromatic rings. The molecule has 28 heavy (non-hydrogen) atoms. The van der Waals surface area contributed by atoms with Crippen LogP contribution in [0.4, 0.5) is 4.79 Å². The van der Waals surface area contributed by atoms with Crippen molar-refractivity contribution in [3.63, 3.8) is 0 Å². The van der Waals surface area contributed by atoms with Crippen LogP contribution in [0.3, 0.4) is 0 Å². The van der Waals surface area contributed by atoms with Crippen molar-refractivity contribution in [3.8, 4) is 11.4 Å². The minimum absolute atomic E-state index is 0.100. The molecular weight excluding hydrogens is 360 g/mol. The predicted octanol–water partition coefficient (Wildman–Crippen LogP) is 1.98. The number of tetrazole rings is 1. The summed E-state index contributed by atoms with van der Waals surface area (Å²) in [5.41, 5.74) is 2.82. The first-order chi connectivity index (χ1) is 13.4. The van der Waals surface area contributed by atoms with Gasteiger partial charge in [0, 0.05) is 5.56 Å². The van der Waals surface area contributed by atoms with Crippen molar-refractivity contribution in [2.75, 3.05) is 6.61 Å². The van der Waals surface area contributed by atoms with E-state index < -0.39 is 12.0 Å². The van der Waals surface area contributed by atoms with Crippen molar-refractivity contribution < 1.29 is 14.3 Å². The van der Waals surface area contributed by atoms with E-state index in [-0.39, 0.29) is 19.2 Å². The topological polar surface area (TPSA) is 111 Å². The number of carbonyl (C=O) groups is 2. The molecule has 0 saturated carbocycles. The molecule has 9 heteroatoms. The predicted molar refractivity (Wildman–Crippen MR) is 102 cm³/mol. The van der Waals surface area contributed by atoms with Crippen LogP contribution in [0.25, 0.3) is 11.4 Å². The lowest BCUT2D eigenvalue weighted by Gasteiger charge is -2.26. The van der Waals surface area contributed by atoms with Gasteiger partial charge >= 0.3 is 12.0 Å². The summed E-state index contributed by atoms with van der Waals surface area (Å²) < 4.78 is 5.11. The molecule has 0 spiro atoms. The molecule has 148 valence electrons. The van der Waals surface area contributed by atoms with Gasteiger partial charge in [0.05, 0.1) is 23.9 Å². The normalized spacial score (nSPS) is 16.8. The molecule has 1 aromatic carbocycles. The van der Waals surface area contributed by atoms with Crippen LogP contribution in [0.1, 0.15) is 39.2 Å². The van der Waals surface area contributed by atoms with Crippen LogP contribution >= 0.6 is 0 Å². The molecule has 1 aromatic heterocycles. The van der Waals surface area contributed by atoms with Crippen molar-refractivity contribution in [1.82, 2.24) is 30.8 Å². The van der Waals surface area contributed by atoms with E-state index in [1.807, 2.05) is 24.3 Å². The SMILES string of the molecule is CCOC(=O)C1=C(Cn2nnc(-c3ccc(C(C)C)cc3)n2)NC(=O)N[C@@H]1C. The van der Waals surface area contributed by atoms with Crippen molar-refractivity contribution >= 4 is 12.0 Å². The zero-order valence-corrected chi connectivity index (χ0v) is 16.4. The van der Waals surface area contributed by atoms with Gasteiger partial charge in [-0.25, -0.2) is 9.59 Å². The van der Waals surface area contributed by atoms with Crippen LogP contribution in [0.5, 0.6) is 0 Å². The van der Waals surface area contributed by atoms with Crippen LogP contribution in [-0.4, -0.2) is 44.9 Å². The molecule has 2 N–H and O–H groups in total. The van der Waals surface area contributed by atoms with E-state index in [9.17, 15) is 9.59 Å². The second-order valence-electron chi connectivity index (χ2n) is 6.85. The second-order valence-corrected chi connectivity index (χ2v) is 6.85. The smallest absolute Gasteiger partial charge is 0.337 e. The van der Waals surface area contributed by atoms with Crippen LogP contribution < -0.4 is 10.6 Å². The fraction of sp³-hybridized carbons (Fsp3) is 0.421. The lowest BCUT2D eigenvalue weighted by atomic mass is 10.0. The monoisotopic (exact) mass is 384 g/mol. The van der Waals surface area contributed by atoms with Gasteiger partial charge in [0.2, 0.25) is 5.82 Å². The van der Waals surface area contributed by atoms with Crippen molar-refractivity contribution in [2.24, 2.45) is 0 Å². The Morgan fingerprint density at radius 2 is 2.00 bits per heavy atom. The number of ether oxygens (including phenoxy) is 1. The maximum Gasteiger partial charge on any atom is 0.337 e. The Morgan fingerprint density at radius 1 is 1.29 bits per heavy atom. The van der Waals surface area contributed by atoms with Gasteiger partial charge in [0.25, 0.3) is 0 Å². The van der Waals surface area contributed by atoms with Crippen LogP contribution in [0.2, 0.25) is 0 Å². The van der Waals surface area contributed by atoms with E-state index in [1.165, 1.54) is 10.4 Å². The largest absolute Gasteiger partial charge is 0.463 e. The summed E-state index contributed by atoms with van der Waals surface area (Å²) in [5, 5.41) is 17.8. The van der Waals surface area contributed by atoms with Gasteiger partial charge < -0.3 is 15.4 Å². The maximum atomic E-state index is 12.3. The number of hydrogen-bond donors (Lipinski definition) is 2. The molecule has 1 atom stereocenters. The van der Waals surface area contributed by atoms with Gasteiger partial charge in [-0.15, -0.1) is 10.2 Å². The molecule has 0 aliphatic carbocycles. The van der Waals surface area contributed by atoms with Crippen LogP contribution in [-0.2, 0) is 16.1 Å². The summed E-state index contributed by atoms with van der Waals surface area (Å²) in [6.07, 6.45) is 0. The number of amides is 2. The second kappa shape index (κ2) is 8.20. The zero-order valence-electron chi connectivity index (χ0n) is 16.4. The number of benzene rings is 1. The minimum atomic E-state index is -0.484. The lowest BCUT2D eigenvalue weighted by molar-refractivity contribution is -0.139. The van der Waals surface area contributed by atoms with Gasteiger partial charge in [-0.05, 0) is 30.5 Å². The molecule has 2 heterocycles. The van der Waals surface area contributed by atoms with Gasteiger partial charge in [0.1, 0.15) is 6.54 Å². The summed E-state index contributed by atoms with van der Waals surface area (Å²) in [6, 6.07) is 7.12. The van der Waals surface area contributed by atoms with Crippen molar-refractivity contribution in [2.45, 2.75) is 46.2 Å². The van der Waals surface area contributed by atoms with Gasteiger partial charge in [0.15, 0.2) is 0 Å². The number of hydrogen-bond acceptors (Lipinski definition) is 6. The summed E-state index contributed by atoms with van der Waals surface area (Å²) in [6.45, 7) is 8.06. The quantitative estimate of drug-likeness (QED) is 0.737. The standard InChI is InChI=1S/C19H24N6O3/c1-5-28-18(26)16-12(4)20-19(27)21-15(16)10-25-23-17(22-24-25)14-8-6-13(7-9-14)11(2)3/h6-9,11-12H,5,10H2,1-4H3,(H2,20,21,27)/t12-/m1/s1. The maximum absolute atomic E-state index is 12.3. The van der Waals surface area contributed by atoms with E-state index in [0.717, 1.165) is 5.56 Å². The zero-order chi connectivity index (χ0) is 20.3. The van der Waals surface area contributed by atoms with E-state index in [4.69, 9.17) is 4.74 Å². The minimum Gasteiger partial charge on any atom is -0.463 e. The molecule has 0 unspecified atom stereocenters. The third kappa shape index (κ3) is 4.19. The number of nitrogens with zero attached hydrogens (tertiary/aromatic N) is 4. The van der Waals surface area contributed by atoms with E-state index in [0.29, 0.717) is 23.0 Å². The fourth-order valence-corrected chi connectivity index (χ4v) is 2.99. The first kappa shape index (κ1) is 19.5.